The first-order valence-corrected chi connectivity index (χ1v) is 6.37. The Kier molecular flexibility index (Phi) is 4.31. The average Bonchev–Trinajstić information content (AvgIpc) is 2.81. The van der Waals surface area contributed by atoms with Crippen LogP contribution in [0.4, 0.5) is 4.39 Å². The second-order valence-electron chi connectivity index (χ2n) is 4.87. The molecular weight excluding hydrogens is 231 g/mol. The van der Waals surface area contributed by atoms with Crippen molar-refractivity contribution in [1.82, 2.24) is 10.2 Å². The summed E-state index contributed by atoms with van der Waals surface area (Å²) >= 11 is 0. The van der Waals surface area contributed by atoms with Gasteiger partial charge in [0.05, 0.1) is 6.42 Å². The first kappa shape index (κ1) is 13.0. The highest BCUT2D eigenvalue weighted by Gasteiger charge is 2.18. The second-order valence-corrected chi connectivity index (χ2v) is 4.87. The Bertz CT molecular complexity index is 416. The minimum absolute atomic E-state index is 0.0364. The van der Waals surface area contributed by atoms with E-state index in [2.05, 4.69) is 5.32 Å². The highest BCUT2D eigenvalue weighted by molar-refractivity contribution is 5.78. The Hall–Kier alpha value is -1.42. The Labute approximate surface area is 107 Å². The molecule has 1 unspecified atom stereocenters. The van der Waals surface area contributed by atoms with Gasteiger partial charge in [-0.1, -0.05) is 12.1 Å². The number of nitrogens with one attached hydrogen (secondary N) is 1. The molecule has 98 valence electrons. The zero-order chi connectivity index (χ0) is 13.0. The molecule has 1 saturated heterocycles. The molecule has 1 heterocycles. The molecule has 0 saturated carbocycles. The maximum absolute atomic E-state index is 13.0. The molecule has 18 heavy (non-hydrogen) atoms. The van der Waals surface area contributed by atoms with Crippen molar-refractivity contribution in [3.05, 3.63) is 35.6 Å². The van der Waals surface area contributed by atoms with Gasteiger partial charge in [0.15, 0.2) is 0 Å². The number of hydrogen-bond donors (Lipinski definition) is 1. The van der Waals surface area contributed by atoms with Crippen LogP contribution in [0.1, 0.15) is 18.4 Å². The van der Waals surface area contributed by atoms with Crippen molar-refractivity contribution in [2.45, 2.75) is 25.3 Å². The van der Waals surface area contributed by atoms with Crippen LogP contribution in [0.2, 0.25) is 0 Å². The van der Waals surface area contributed by atoms with Crippen molar-refractivity contribution < 1.29 is 9.18 Å². The maximum Gasteiger partial charge on any atom is 0.226 e. The molecule has 1 amide bonds. The smallest absolute Gasteiger partial charge is 0.226 e. The van der Waals surface area contributed by atoms with Gasteiger partial charge in [0.1, 0.15) is 5.82 Å². The molecule has 3 nitrogen and oxygen atoms in total. The van der Waals surface area contributed by atoms with Gasteiger partial charge in [-0.15, -0.1) is 0 Å². The molecule has 1 aromatic rings. The molecule has 1 aliphatic heterocycles. The third-order valence-corrected chi connectivity index (χ3v) is 3.33. The zero-order valence-electron chi connectivity index (χ0n) is 10.7. The number of hydrogen-bond acceptors (Lipinski definition) is 2. The lowest BCUT2D eigenvalue weighted by molar-refractivity contribution is -0.129. The summed E-state index contributed by atoms with van der Waals surface area (Å²) in [5, 5.41) is 3.36. The summed E-state index contributed by atoms with van der Waals surface area (Å²) in [6.07, 6.45) is 2.56. The van der Waals surface area contributed by atoms with E-state index in [-0.39, 0.29) is 18.1 Å². The Morgan fingerprint density at radius 2 is 2.39 bits per heavy atom. The van der Waals surface area contributed by atoms with E-state index in [4.69, 9.17) is 0 Å². The third kappa shape index (κ3) is 3.53. The van der Waals surface area contributed by atoms with Crippen LogP contribution in [0, 0.1) is 5.82 Å². The zero-order valence-corrected chi connectivity index (χ0v) is 10.7. The van der Waals surface area contributed by atoms with E-state index in [0.717, 1.165) is 25.1 Å². The Balaban J connectivity index is 1.86. The van der Waals surface area contributed by atoms with Gasteiger partial charge in [-0.25, -0.2) is 4.39 Å². The standard InChI is InChI=1S/C14H19FN2O/c1-17(10-13-6-3-7-16-13)14(18)9-11-4-2-5-12(15)8-11/h2,4-5,8,13,16H,3,6-7,9-10H2,1H3. The van der Waals surface area contributed by atoms with E-state index >= 15 is 0 Å². The van der Waals surface area contributed by atoms with E-state index in [0.29, 0.717) is 6.04 Å². The summed E-state index contributed by atoms with van der Waals surface area (Å²) in [6.45, 7) is 1.77. The number of rotatable bonds is 4. The monoisotopic (exact) mass is 250 g/mol. The van der Waals surface area contributed by atoms with Crippen molar-refractivity contribution >= 4 is 5.91 Å². The van der Waals surface area contributed by atoms with Crippen LogP contribution in [0.3, 0.4) is 0 Å². The lowest BCUT2D eigenvalue weighted by Crippen LogP contribution is -2.39. The van der Waals surface area contributed by atoms with E-state index in [1.165, 1.54) is 18.6 Å². The molecule has 1 N–H and O–H groups in total. The normalized spacial score (nSPS) is 18.9. The summed E-state index contributed by atoms with van der Waals surface area (Å²) in [5.41, 5.74) is 0.728. The van der Waals surface area contributed by atoms with Crippen molar-refractivity contribution in [3.63, 3.8) is 0 Å². The molecule has 1 atom stereocenters. The van der Waals surface area contributed by atoms with Crippen LogP contribution in [-0.2, 0) is 11.2 Å². The molecule has 1 aliphatic rings. The van der Waals surface area contributed by atoms with Gasteiger partial charge in [0.2, 0.25) is 5.91 Å². The second kappa shape index (κ2) is 5.96. The highest BCUT2D eigenvalue weighted by atomic mass is 19.1. The number of benzene rings is 1. The summed E-state index contributed by atoms with van der Waals surface area (Å²) < 4.78 is 13.0. The fourth-order valence-electron chi connectivity index (χ4n) is 2.30. The number of amides is 1. The summed E-state index contributed by atoms with van der Waals surface area (Å²) in [7, 11) is 1.81. The van der Waals surface area contributed by atoms with E-state index in [1.54, 1.807) is 17.0 Å². The lowest BCUT2D eigenvalue weighted by atomic mass is 10.1. The molecule has 0 bridgehead atoms. The fraction of sp³-hybridized carbons (Fsp3) is 0.500. The van der Waals surface area contributed by atoms with E-state index in [9.17, 15) is 9.18 Å². The number of halogens is 1. The maximum atomic E-state index is 13.0. The molecule has 4 heteroatoms. The van der Waals surface area contributed by atoms with E-state index in [1.807, 2.05) is 7.05 Å². The highest BCUT2D eigenvalue weighted by Crippen LogP contribution is 2.09. The number of nitrogens with zero attached hydrogens (tertiary/aromatic N) is 1. The quantitative estimate of drug-likeness (QED) is 0.880. The summed E-state index contributed by atoms with van der Waals surface area (Å²) in [4.78, 5) is 13.7. The van der Waals surface area contributed by atoms with Crippen LogP contribution in [0.15, 0.2) is 24.3 Å². The fourth-order valence-corrected chi connectivity index (χ4v) is 2.30. The number of carbonyl (C=O) groups is 1. The third-order valence-electron chi connectivity index (χ3n) is 3.33. The van der Waals surface area contributed by atoms with Gasteiger partial charge >= 0.3 is 0 Å². The van der Waals surface area contributed by atoms with Gasteiger partial charge in [0.25, 0.3) is 0 Å². The largest absolute Gasteiger partial charge is 0.344 e. The lowest BCUT2D eigenvalue weighted by Gasteiger charge is -2.21. The molecule has 2 rings (SSSR count). The number of likely N-dealkylation sites (N-methyl/N-ethyl adjacent to an activating group) is 1. The minimum Gasteiger partial charge on any atom is -0.344 e. The van der Waals surface area contributed by atoms with Crippen LogP contribution >= 0.6 is 0 Å². The molecule has 1 aromatic carbocycles. The van der Waals surface area contributed by atoms with Gasteiger partial charge in [0, 0.05) is 19.6 Å². The molecule has 0 spiro atoms. The van der Waals surface area contributed by atoms with Crippen molar-refractivity contribution in [2.24, 2.45) is 0 Å². The van der Waals surface area contributed by atoms with Crippen LogP contribution in [-0.4, -0.2) is 37.0 Å². The van der Waals surface area contributed by atoms with E-state index < -0.39 is 0 Å². The van der Waals surface area contributed by atoms with Crippen LogP contribution < -0.4 is 5.32 Å². The van der Waals surface area contributed by atoms with Gasteiger partial charge in [-0.2, -0.15) is 0 Å². The topological polar surface area (TPSA) is 32.3 Å². The first-order chi connectivity index (χ1) is 8.65. The first-order valence-electron chi connectivity index (χ1n) is 6.37. The minimum atomic E-state index is -0.291. The number of carbonyl (C=O) groups excluding carboxylic acids is 1. The van der Waals surface area contributed by atoms with Gasteiger partial charge in [-0.05, 0) is 37.1 Å². The SMILES string of the molecule is CN(CC1CCCN1)C(=O)Cc1cccc(F)c1. The molecular formula is C14H19FN2O. The predicted molar refractivity (Wildman–Crippen MR) is 68.8 cm³/mol. The Morgan fingerprint density at radius 3 is 3.06 bits per heavy atom. The predicted octanol–water partition coefficient (Wildman–Crippen LogP) is 1.58. The van der Waals surface area contributed by atoms with Crippen LogP contribution in [0.5, 0.6) is 0 Å². The average molecular weight is 250 g/mol. The van der Waals surface area contributed by atoms with Crippen molar-refractivity contribution in [3.8, 4) is 0 Å². The van der Waals surface area contributed by atoms with Crippen molar-refractivity contribution in [1.29, 1.82) is 0 Å². The molecule has 1 fully saturated rings. The van der Waals surface area contributed by atoms with Gasteiger partial charge in [-0.3, -0.25) is 4.79 Å². The summed E-state index contributed by atoms with van der Waals surface area (Å²) in [5.74, 6) is -0.255. The molecule has 0 aromatic heterocycles. The summed E-state index contributed by atoms with van der Waals surface area (Å²) in [6, 6.07) is 6.63. The molecule has 0 aliphatic carbocycles. The van der Waals surface area contributed by atoms with Crippen LogP contribution in [0.25, 0.3) is 0 Å². The Morgan fingerprint density at radius 1 is 1.56 bits per heavy atom. The van der Waals surface area contributed by atoms with Gasteiger partial charge < -0.3 is 10.2 Å². The molecule has 0 radical (unpaired) electrons. The van der Waals surface area contributed by atoms with Crippen molar-refractivity contribution in [2.75, 3.05) is 20.1 Å².